The molecule has 0 aliphatic rings. The van der Waals surface area contributed by atoms with Gasteiger partial charge in [0.05, 0.1) is 6.04 Å². The first kappa shape index (κ1) is 18.1. The Morgan fingerprint density at radius 3 is 2.58 bits per heavy atom. The van der Waals surface area contributed by atoms with Crippen molar-refractivity contribution in [3.63, 3.8) is 0 Å². The van der Waals surface area contributed by atoms with Gasteiger partial charge in [-0.3, -0.25) is 9.20 Å². The summed E-state index contributed by atoms with van der Waals surface area (Å²) in [6.45, 7) is 4.24. The Morgan fingerprint density at radius 1 is 1.08 bits per heavy atom. The largest absolute Gasteiger partial charge is 0.346 e. The molecule has 0 saturated carbocycles. The maximum absolute atomic E-state index is 12.7. The number of pyridine rings is 1. The third-order valence-electron chi connectivity index (χ3n) is 4.76. The topological polar surface area (TPSA) is 59.3 Å². The minimum absolute atomic E-state index is 0.0619. The Bertz CT molecular complexity index is 843. The zero-order valence-electron chi connectivity index (χ0n) is 15.4. The van der Waals surface area contributed by atoms with Crippen molar-refractivity contribution in [2.45, 2.75) is 51.5 Å². The monoisotopic (exact) mass is 350 g/mol. The summed E-state index contributed by atoms with van der Waals surface area (Å²) in [6, 6.07) is 15.9. The minimum Gasteiger partial charge on any atom is -0.346 e. The molecule has 2 atom stereocenters. The van der Waals surface area contributed by atoms with Crippen LogP contribution in [0.25, 0.3) is 5.65 Å². The van der Waals surface area contributed by atoms with Crippen molar-refractivity contribution < 1.29 is 4.79 Å². The lowest BCUT2D eigenvalue weighted by molar-refractivity contribution is -0.122. The highest BCUT2D eigenvalue weighted by Gasteiger charge is 2.21. The van der Waals surface area contributed by atoms with Gasteiger partial charge in [0.1, 0.15) is 0 Å². The van der Waals surface area contributed by atoms with Crippen molar-refractivity contribution in [3.05, 3.63) is 66.1 Å². The predicted molar refractivity (Wildman–Crippen MR) is 103 cm³/mol. The van der Waals surface area contributed by atoms with Gasteiger partial charge in [0.2, 0.25) is 5.91 Å². The van der Waals surface area contributed by atoms with Crippen molar-refractivity contribution in [3.8, 4) is 0 Å². The fraction of sp³-hybridized carbons (Fsp3) is 0.381. The van der Waals surface area contributed by atoms with Crippen LogP contribution in [0.1, 0.15) is 62.9 Å². The van der Waals surface area contributed by atoms with Crippen LogP contribution in [0.5, 0.6) is 0 Å². The van der Waals surface area contributed by atoms with Crippen molar-refractivity contribution in [1.29, 1.82) is 0 Å². The van der Waals surface area contributed by atoms with E-state index >= 15 is 0 Å². The molecule has 2 aromatic heterocycles. The third kappa shape index (κ3) is 4.10. The molecule has 0 fully saturated rings. The van der Waals surface area contributed by atoms with E-state index in [0.717, 1.165) is 30.7 Å². The van der Waals surface area contributed by atoms with E-state index in [9.17, 15) is 4.79 Å². The number of carbonyl (C=O) groups excluding carboxylic acids is 1. The lowest BCUT2D eigenvalue weighted by Gasteiger charge is -2.20. The third-order valence-corrected chi connectivity index (χ3v) is 4.76. The molecule has 0 radical (unpaired) electrons. The highest BCUT2D eigenvalue weighted by molar-refractivity contribution is 5.77. The SMILES string of the molecule is CCCC(NC(=O)CC(CC)c1ccccc1)c1nnc2ccccn12. The molecule has 2 heterocycles. The second-order valence-electron chi connectivity index (χ2n) is 6.62. The minimum atomic E-state index is -0.127. The van der Waals surface area contributed by atoms with Crippen molar-refractivity contribution in [1.82, 2.24) is 19.9 Å². The summed E-state index contributed by atoms with van der Waals surface area (Å²) in [6.07, 6.45) is 5.16. The summed E-state index contributed by atoms with van der Waals surface area (Å²) in [4.78, 5) is 12.7. The van der Waals surface area contributed by atoms with Gasteiger partial charge in [0.25, 0.3) is 0 Å². The molecule has 5 nitrogen and oxygen atoms in total. The maximum atomic E-state index is 12.7. The van der Waals surface area contributed by atoms with Crippen LogP contribution >= 0.6 is 0 Å². The molecular weight excluding hydrogens is 324 g/mol. The van der Waals surface area contributed by atoms with Crippen LogP contribution in [-0.2, 0) is 4.79 Å². The summed E-state index contributed by atoms with van der Waals surface area (Å²) in [7, 11) is 0. The molecule has 136 valence electrons. The van der Waals surface area contributed by atoms with Gasteiger partial charge in [-0.1, -0.05) is 56.7 Å². The lowest BCUT2D eigenvalue weighted by atomic mass is 9.93. The Morgan fingerprint density at radius 2 is 1.85 bits per heavy atom. The quantitative estimate of drug-likeness (QED) is 0.660. The van der Waals surface area contributed by atoms with Crippen molar-refractivity contribution in [2.24, 2.45) is 0 Å². The van der Waals surface area contributed by atoms with E-state index in [1.807, 2.05) is 47.0 Å². The lowest BCUT2D eigenvalue weighted by Crippen LogP contribution is -2.30. The number of aromatic nitrogens is 3. The number of fused-ring (bicyclic) bond motifs is 1. The van der Waals surface area contributed by atoms with Crippen LogP contribution < -0.4 is 5.32 Å². The zero-order chi connectivity index (χ0) is 18.4. The number of hydrogen-bond acceptors (Lipinski definition) is 3. The van der Waals surface area contributed by atoms with Crippen LogP contribution in [0.4, 0.5) is 0 Å². The van der Waals surface area contributed by atoms with E-state index in [4.69, 9.17) is 0 Å². The smallest absolute Gasteiger partial charge is 0.221 e. The number of benzene rings is 1. The summed E-state index contributed by atoms with van der Waals surface area (Å²) in [5.74, 6) is 1.09. The number of nitrogens with zero attached hydrogens (tertiary/aromatic N) is 3. The molecule has 0 aliphatic heterocycles. The molecule has 0 bridgehead atoms. The summed E-state index contributed by atoms with van der Waals surface area (Å²) in [5.41, 5.74) is 2.01. The fourth-order valence-corrected chi connectivity index (χ4v) is 3.35. The highest BCUT2D eigenvalue weighted by atomic mass is 16.1. The summed E-state index contributed by atoms with van der Waals surface area (Å²) >= 11 is 0. The number of nitrogens with one attached hydrogen (secondary N) is 1. The Labute approximate surface area is 154 Å². The van der Waals surface area contributed by atoms with E-state index in [1.165, 1.54) is 5.56 Å². The zero-order valence-corrected chi connectivity index (χ0v) is 15.4. The number of amides is 1. The van der Waals surface area contributed by atoms with E-state index < -0.39 is 0 Å². The molecule has 2 unspecified atom stereocenters. The van der Waals surface area contributed by atoms with E-state index in [2.05, 4.69) is 41.5 Å². The van der Waals surface area contributed by atoms with Crippen molar-refractivity contribution in [2.75, 3.05) is 0 Å². The van der Waals surface area contributed by atoms with Gasteiger partial charge >= 0.3 is 0 Å². The van der Waals surface area contributed by atoms with Gasteiger partial charge in [0.15, 0.2) is 11.5 Å². The average molecular weight is 350 g/mol. The normalized spacial score (nSPS) is 13.5. The number of rotatable bonds is 8. The van der Waals surface area contributed by atoms with Crippen LogP contribution in [0.2, 0.25) is 0 Å². The number of carbonyl (C=O) groups is 1. The van der Waals surface area contributed by atoms with Crippen LogP contribution in [0.3, 0.4) is 0 Å². The molecule has 0 spiro atoms. The molecule has 1 aromatic carbocycles. The molecule has 5 heteroatoms. The Balaban J connectivity index is 1.74. The number of hydrogen-bond donors (Lipinski definition) is 1. The van der Waals surface area contributed by atoms with Gasteiger partial charge in [-0.05, 0) is 36.5 Å². The van der Waals surface area contributed by atoms with Gasteiger partial charge in [-0.15, -0.1) is 10.2 Å². The van der Waals surface area contributed by atoms with Gasteiger partial charge in [-0.2, -0.15) is 0 Å². The first-order valence-electron chi connectivity index (χ1n) is 9.36. The molecule has 3 rings (SSSR count). The highest BCUT2D eigenvalue weighted by Crippen LogP contribution is 2.24. The second kappa shape index (κ2) is 8.61. The molecule has 0 aliphatic carbocycles. The average Bonchev–Trinajstić information content (AvgIpc) is 3.10. The van der Waals surface area contributed by atoms with Crippen LogP contribution in [-0.4, -0.2) is 20.5 Å². The van der Waals surface area contributed by atoms with Crippen molar-refractivity contribution >= 4 is 11.6 Å². The standard InChI is InChI=1S/C21H26N4O/c1-3-10-18(21-24-23-19-13-8-9-14-25(19)21)22-20(26)15-16(4-2)17-11-6-5-7-12-17/h5-9,11-14,16,18H,3-4,10,15H2,1-2H3,(H,22,26). The Hall–Kier alpha value is -2.69. The van der Waals surface area contributed by atoms with Crippen LogP contribution in [0.15, 0.2) is 54.7 Å². The maximum Gasteiger partial charge on any atom is 0.221 e. The summed E-state index contributed by atoms with van der Waals surface area (Å²) in [5, 5.41) is 11.7. The first-order valence-corrected chi connectivity index (χ1v) is 9.36. The predicted octanol–water partition coefficient (Wildman–Crippen LogP) is 4.27. The van der Waals surface area contributed by atoms with Gasteiger partial charge in [-0.25, -0.2) is 0 Å². The van der Waals surface area contributed by atoms with Gasteiger partial charge < -0.3 is 5.32 Å². The first-order chi connectivity index (χ1) is 12.7. The molecule has 1 amide bonds. The second-order valence-corrected chi connectivity index (χ2v) is 6.62. The molecule has 1 N–H and O–H groups in total. The molecule has 0 saturated heterocycles. The van der Waals surface area contributed by atoms with E-state index in [-0.39, 0.29) is 17.9 Å². The molecular formula is C21H26N4O. The van der Waals surface area contributed by atoms with Gasteiger partial charge in [0, 0.05) is 12.6 Å². The molecule has 26 heavy (non-hydrogen) atoms. The molecule has 3 aromatic rings. The fourth-order valence-electron chi connectivity index (χ4n) is 3.35. The summed E-state index contributed by atoms with van der Waals surface area (Å²) < 4.78 is 1.95. The van der Waals surface area contributed by atoms with E-state index in [0.29, 0.717) is 6.42 Å². The van der Waals surface area contributed by atoms with E-state index in [1.54, 1.807) is 0 Å². The van der Waals surface area contributed by atoms with Crippen LogP contribution in [0, 0.1) is 0 Å². The Kier molecular flexibility index (Phi) is 6.00.